The summed E-state index contributed by atoms with van der Waals surface area (Å²) in [5.41, 5.74) is 5.18. The van der Waals surface area contributed by atoms with E-state index in [4.69, 9.17) is 9.47 Å². The van der Waals surface area contributed by atoms with Crippen molar-refractivity contribution in [2.75, 3.05) is 13.2 Å². The molecule has 2 aliphatic heterocycles. The molecule has 0 bridgehead atoms. The van der Waals surface area contributed by atoms with Crippen molar-refractivity contribution in [1.82, 2.24) is 0 Å². The van der Waals surface area contributed by atoms with Gasteiger partial charge in [-0.1, -0.05) is 119 Å². The highest BCUT2D eigenvalue weighted by molar-refractivity contribution is 6.06. The molecule has 40 heavy (non-hydrogen) atoms. The minimum atomic E-state index is 0.818. The molecule has 0 radical (unpaired) electrons. The van der Waals surface area contributed by atoms with Crippen LogP contribution in [0.2, 0.25) is 0 Å². The Labute approximate surface area is 247 Å². The summed E-state index contributed by atoms with van der Waals surface area (Å²) < 4.78 is 11.9. The van der Waals surface area contributed by atoms with E-state index in [9.17, 15) is 0 Å². The van der Waals surface area contributed by atoms with Gasteiger partial charge in [0.15, 0.2) is 0 Å². The molecule has 2 nitrogen and oxygen atoms in total. The molecule has 0 saturated heterocycles. The van der Waals surface area contributed by atoms with Crippen LogP contribution >= 0.6 is 0 Å². The van der Waals surface area contributed by atoms with Gasteiger partial charge in [0.25, 0.3) is 0 Å². The third-order valence-corrected chi connectivity index (χ3v) is 6.11. The molecule has 0 amide bonds. The lowest BCUT2D eigenvalue weighted by Crippen LogP contribution is -2.08. The molecule has 0 N–H and O–H groups in total. The zero-order valence-corrected chi connectivity index (χ0v) is 27.8. The second kappa shape index (κ2) is 21.8. The molecule has 0 saturated carbocycles. The molecule has 4 aromatic carbocycles. The van der Waals surface area contributed by atoms with E-state index in [1.165, 1.54) is 43.8 Å². The minimum absolute atomic E-state index is 0.818. The van der Waals surface area contributed by atoms with Crippen molar-refractivity contribution >= 4 is 21.5 Å². The van der Waals surface area contributed by atoms with Crippen LogP contribution in [0.25, 0.3) is 32.7 Å². The smallest absolute Gasteiger partial charge is 0.123 e. The Morgan fingerprint density at radius 1 is 0.450 bits per heavy atom. The number of aryl methyl sites for hydroxylation is 2. The fourth-order valence-electron chi connectivity index (χ4n) is 4.72. The summed E-state index contributed by atoms with van der Waals surface area (Å²) in [5, 5.41) is 5.09. The van der Waals surface area contributed by atoms with Gasteiger partial charge in [-0.25, -0.2) is 0 Å². The molecule has 0 atom stereocenters. The first-order valence-corrected chi connectivity index (χ1v) is 16.2. The lowest BCUT2D eigenvalue weighted by atomic mass is 9.91. The SMILES string of the molecule is CC.CC.CC.CC.CC.CC.c1cc(-c2cccc3cc4c(cc23)OCCC4)c2cc3c(cc2c1)CCCO3. The van der Waals surface area contributed by atoms with Crippen molar-refractivity contribution < 1.29 is 9.47 Å². The fourth-order valence-corrected chi connectivity index (χ4v) is 4.72. The summed E-state index contributed by atoms with van der Waals surface area (Å²) >= 11 is 0. The van der Waals surface area contributed by atoms with Crippen LogP contribution in [0.1, 0.15) is 107 Å². The van der Waals surface area contributed by atoms with Gasteiger partial charge in [0.2, 0.25) is 0 Å². The van der Waals surface area contributed by atoms with Crippen molar-refractivity contribution in [2.24, 2.45) is 0 Å². The second-order valence-corrected chi connectivity index (χ2v) is 7.88. The van der Waals surface area contributed by atoms with Crippen LogP contribution in [0.15, 0.2) is 60.7 Å². The normalized spacial score (nSPS) is 11.8. The van der Waals surface area contributed by atoms with Gasteiger partial charge in [-0.2, -0.15) is 0 Å². The van der Waals surface area contributed by atoms with Crippen LogP contribution in [-0.4, -0.2) is 13.2 Å². The van der Waals surface area contributed by atoms with Gasteiger partial charge in [0, 0.05) is 0 Å². The number of fused-ring (bicyclic) bond motifs is 4. The number of hydrogen-bond donors (Lipinski definition) is 0. The van der Waals surface area contributed by atoms with Crippen molar-refractivity contribution in [3.63, 3.8) is 0 Å². The maximum atomic E-state index is 5.96. The van der Waals surface area contributed by atoms with Crippen molar-refractivity contribution in [1.29, 1.82) is 0 Å². The standard InChI is InChI=1S/C26H22O2.6C2H6/c1-5-17-13-19-7-3-11-27-25(19)15-23(17)21(9-1)22-10-2-6-18-14-20-8-4-12-28-26(20)16-24(18)22;6*1-2/h1-2,5-6,9-10,13-16H,3-4,7-8,11-12H2;6*1-2H3. The van der Waals surface area contributed by atoms with Crippen LogP contribution in [0.4, 0.5) is 0 Å². The highest BCUT2D eigenvalue weighted by Crippen LogP contribution is 2.40. The average Bonchev–Trinajstić information content (AvgIpc) is 3.08. The summed E-state index contributed by atoms with van der Waals surface area (Å²) in [5.74, 6) is 2.10. The predicted octanol–water partition coefficient (Wildman–Crippen LogP) is 12.5. The molecule has 0 aliphatic carbocycles. The summed E-state index contributed by atoms with van der Waals surface area (Å²) in [6, 6.07) is 22.3. The van der Waals surface area contributed by atoms with E-state index in [2.05, 4.69) is 60.7 Å². The molecule has 0 fully saturated rings. The number of ether oxygens (including phenoxy) is 2. The Kier molecular flexibility index (Phi) is 20.1. The second-order valence-electron chi connectivity index (χ2n) is 7.88. The molecule has 2 heteroatoms. The number of benzene rings is 4. The van der Waals surface area contributed by atoms with Crippen molar-refractivity contribution in [3.05, 3.63) is 71.8 Å². The maximum absolute atomic E-state index is 5.96. The lowest BCUT2D eigenvalue weighted by molar-refractivity contribution is 0.289. The summed E-state index contributed by atoms with van der Waals surface area (Å²) in [6.07, 6.45) is 4.42. The van der Waals surface area contributed by atoms with E-state index in [0.717, 1.165) is 50.4 Å². The molecular weight excluding hydrogens is 488 g/mol. The third-order valence-electron chi connectivity index (χ3n) is 6.11. The van der Waals surface area contributed by atoms with Gasteiger partial charge in [-0.15, -0.1) is 0 Å². The Hall–Kier alpha value is -3.00. The van der Waals surface area contributed by atoms with Gasteiger partial charge in [-0.3, -0.25) is 0 Å². The Balaban J connectivity index is 0.00000113. The van der Waals surface area contributed by atoms with Gasteiger partial charge < -0.3 is 9.47 Å². The topological polar surface area (TPSA) is 18.5 Å². The molecule has 4 aromatic rings. The van der Waals surface area contributed by atoms with Crippen LogP contribution < -0.4 is 9.47 Å². The lowest BCUT2D eigenvalue weighted by Gasteiger charge is -2.20. The molecule has 2 heterocycles. The quantitative estimate of drug-likeness (QED) is 0.236. The number of rotatable bonds is 1. The van der Waals surface area contributed by atoms with E-state index in [1.54, 1.807) is 0 Å². The average molecular weight is 547 g/mol. The van der Waals surface area contributed by atoms with Crippen LogP contribution in [0.3, 0.4) is 0 Å². The zero-order valence-electron chi connectivity index (χ0n) is 27.8. The monoisotopic (exact) mass is 546 g/mol. The molecular formula is C38H58O2. The first kappa shape index (κ1) is 37.0. The van der Waals surface area contributed by atoms with E-state index in [1.807, 2.05) is 83.1 Å². The van der Waals surface area contributed by atoms with Gasteiger partial charge in [-0.05, 0) is 93.7 Å². The van der Waals surface area contributed by atoms with Gasteiger partial charge in [0.05, 0.1) is 13.2 Å². The summed E-state index contributed by atoms with van der Waals surface area (Å²) in [7, 11) is 0. The van der Waals surface area contributed by atoms with Gasteiger partial charge in [0.1, 0.15) is 11.5 Å². The molecule has 222 valence electrons. The summed E-state index contributed by atoms with van der Waals surface area (Å²) in [6.45, 7) is 25.6. The molecule has 0 spiro atoms. The van der Waals surface area contributed by atoms with E-state index in [0.29, 0.717) is 0 Å². The highest BCUT2D eigenvalue weighted by Gasteiger charge is 2.16. The van der Waals surface area contributed by atoms with Crippen LogP contribution in [-0.2, 0) is 12.8 Å². The third kappa shape index (κ3) is 9.01. The van der Waals surface area contributed by atoms with E-state index >= 15 is 0 Å². The number of hydrogen-bond acceptors (Lipinski definition) is 2. The maximum Gasteiger partial charge on any atom is 0.123 e. The first-order valence-electron chi connectivity index (χ1n) is 16.2. The Morgan fingerprint density at radius 2 is 0.800 bits per heavy atom. The Morgan fingerprint density at radius 3 is 1.15 bits per heavy atom. The highest BCUT2D eigenvalue weighted by atomic mass is 16.5. The van der Waals surface area contributed by atoms with Crippen molar-refractivity contribution in [2.45, 2.75) is 109 Å². The molecule has 0 aromatic heterocycles. The van der Waals surface area contributed by atoms with E-state index in [-0.39, 0.29) is 0 Å². The molecule has 6 rings (SSSR count). The van der Waals surface area contributed by atoms with Gasteiger partial charge >= 0.3 is 0 Å². The summed E-state index contributed by atoms with van der Waals surface area (Å²) in [4.78, 5) is 0. The molecule has 0 unspecified atom stereocenters. The molecule has 2 aliphatic rings. The van der Waals surface area contributed by atoms with Crippen molar-refractivity contribution in [3.8, 4) is 22.6 Å². The van der Waals surface area contributed by atoms with Crippen LogP contribution in [0, 0.1) is 0 Å². The largest absolute Gasteiger partial charge is 0.493 e. The minimum Gasteiger partial charge on any atom is -0.493 e. The fraction of sp³-hybridized carbons (Fsp3) is 0.474. The Bertz CT molecular complexity index is 1130. The van der Waals surface area contributed by atoms with Crippen LogP contribution in [0.5, 0.6) is 11.5 Å². The zero-order chi connectivity index (χ0) is 30.5. The van der Waals surface area contributed by atoms with E-state index < -0.39 is 0 Å². The predicted molar refractivity (Wildman–Crippen MR) is 183 cm³/mol. The first-order chi connectivity index (χ1) is 19.9.